The van der Waals surface area contributed by atoms with Crippen LogP contribution in [0.5, 0.6) is 0 Å². The van der Waals surface area contributed by atoms with Crippen molar-refractivity contribution in [2.75, 3.05) is 5.75 Å². The fourth-order valence-corrected chi connectivity index (χ4v) is 3.90. The SMILES string of the molecule is CCCCCS(=O)(=O)N[C@H]1CCCn2nc(C(C)C)nc21. The number of hydrogen-bond donors (Lipinski definition) is 1. The van der Waals surface area contributed by atoms with Crippen LogP contribution >= 0.6 is 0 Å². The van der Waals surface area contributed by atoms with Crippen molar-refractivity contribution in [2.45, 2.75) is 71.4 Å². The van der Waals surface area contributed by atoms with E-state index in [2.05, 4.69) is 21.7 Å². The number of unbranched alkanes of at least 4 members (excludes halogenated alkanes) is 2. The molecular formula is C14H26N4O2S. The highest BCUT2D eigenvalue weighted by Gasteiger charge is 2.28. The summed E-state index contributed by atoms with van der Waals surface area (Å²) < 4.78 is 29.0. The van der Waals surface area contributed by atoms with Crippen molar-refractivity contribution in [1.82, 2.24) is 19.5 Å². The molecule has 1 N–H and O–H groups in total. The number of fused-ring (bicyclic) bond motifs is 1. The molecule has 0 aliphatic carbocycles. The molecule has 0 unspecified atom stereocenters. The standard InChI is InChI=1S/C14H26N4O2S/c1-4-5-6-10-21(19,20)17-12-8-7-9-18-14(12)15-13(16-18)11(2)3/h11-12,17H,4-10H2,1-3H3/t12-/m0/s1. The van der Waals surface area contributed by atoms with Gasteiger partial charge in [-0.3, -0.25) is 0 Å². The molecule has 7 heteroatoms. The van der Waals surface area contributed by atoms with Crippen molar-refractivity contribution in [3.63, 3.8) is 0 Å². The summed E-state index contributed by atoms with van der Waals surface area (Å²) in [6, 6.07) is -0.231. The zero-order valence-electron chi connectivity index (χ0n) is 13.2. The maximum atomic E-state index is 12.2. The van der Waals surface area contributed by atoms with Crippen molar-refractivity contribution in [3.05, 3.63) is 11.6 Å². The Morgan fingerprint density at radius 3 is 2.81 bits per heavy atom. The predicted molar refractivity (Wildman–Crippen MR) is 82.5 cm³/mol. The Hall–Kier alpha value is -0.950. The fraction of sp³-hybridized carbons (Fsp3) is 0.857. The highest BCUT2D eigenvalue weighted by atomic mass is 32.2. The molecule has 0 radical (unpaired) electrons. The first kappa shape index (κ1) is 16.4. The molecule has 2 rings (SSSR count). The summed E-state index contributed by atoms with van der Waals surface area (Å²) in [5.41, 5.74) is 0. The van der Waals surface area contributed by atoms with E-state index >= 15 is 0 Å². The van der Waals surface area contributed by atoms with E-state index in [9.17, 15) is 8.42 Å². The minimum atomic E-state index is -3.24. The minimum Gasteiger partial charge on any atom is -0.248 e. The highest BCUT2D eigenvalue weighted by molar-refractivity contribution is 7.89. The van der Waals surface area contributed by atoms with Crippen LogP contribution in [0, 0.1) is 0 Å². The molecule has 1 aromatic rings. The Morgan fingerprint density at radius 2 is 2.14 bits per heavy atom. The van der Waals surface area contributed by atoms with Gasteiger partial charge >= 0.3 is 0 Å². The fourth-order valence-electron chi connectivity index (χ4n) is 2.54. The summed E-state index contributed by atoms with van der Waals surface area (Å²) in [5, 5.41) is 4.48. The maximum Gasteiger partial charge on any atom is 0.212 e. The van der Waals surface area contributed by atoms with E-state index < -0.39 is 10.0 Å². The summed E-state index contributed by atoms with van der Waals surface area (Å²) in [6.07, 6.45) is 4.39. The Bertz CT molecular complexity index is 566. The lowest BCUT2D eigenvalue weighted by Gasteiger charge is -2.22. The highest BCUT2D eigenvalue weighted by Crippen LogP contribution is 2.25. The number of rotatable bonds is 7. The molecule has 1 atom stereocenters. The molecule has 1 aliphatic rings. The molecule has 0 aromatic carbocycles. The second kappa shape index (κ2) is 6.87. The van der Waals surface area contributed by atoms with E-state index in [1.54, 1.807) is 0 Å². The quantitative estimate of drug-likeness (QED) is 0.784. The van der Waals surface area contributed by atoms with Crippen LogP contribution in [-0.4, -0.2) is 28.9 Å². The van der Waals surface area contributed by atoms with E-state index in [0.717, 1.165) is 43.9 Å². The second-order valence-electron chi connectivity index (χ2n) is 6.04. The van der Waals surface area contributed by atoms with E-state index in [1.807, 2.05) is 18.5 Å². The molecule has 0 bridgehead atoms. The molecule has 120 valence electrons. The molecule has 0 amide bonds. The Kier molecular flexibility index (Phi) is 5.37. The summed E-state index contributed by atoms with van der Waals surface area (Å²) in [6.45, 7) is 6.98. The van der Waals surface area contributed by atoms with Gasteiger partial charge in [0.05, 0.1) is 11.8 Å². The van der Waals surface area contributed by atoms with Crippen LogP contribution in [0.3, 0.4) is 0 Å². The molecule has 0 fully saturated rings. The monoisotopic (exact) mass is 314 g/mol. The summed E-state index contributed by atoms with van der Waals surface area (Å²) in [4.78, 5) is 4.54. The zero-order chi connectivity index (χ0) is 15.5. The number of nitrogens with zero attached hydrogens (tertiary/aromatic N) is 3. The number of hydrogen-bond acceptors (Lipinski definition) is 4. The lowest BCUT2D eigenvalue weighted by Crippen LogP contribution is -2.34. The van der Waals surface area contributed by atoms with Crippen molar-refractivity contribution >= 4 is 10.0 Å². The van der Waals surface area contributed by atoms with E-state index in [4.69, 9.17) is 0 Å². The van der Waals surface area contributed by atoms with Crippen LogP contribution in [0.1, 0.15) is 76.5 Å². The van der Waals surface area contributed by atoms with Gasteiger partial charge < -0.3 is 0 Å². The number of sulfonamides is 1. The van der Waals surface area contributed by atoms with Gasteiger partial charge in [-0.05, 0) is 19.3 Å². The van der Waals surface area contributed by atoms with E-state index in [-0.39, 0.29) is 17.7 Å². The van der Waals surface area contributed by atoms with Crippen LogP contribution in [0.25, 0.3) is 0 Å². The van der Waals surface area contributed by atoms with Crippen LogP contribution in [-0.2, 0) is 16.6 Å². The van der Waals surface area contributed by atoms with Gasteiger partial charge in [0.15, 0.2) is 5.82 Å². The molecule has 0 spiro atoms. The average Bonchev–Trinajstić information content (AvgIpc) is 2.84. The maximum absolute atomic E-state index is 12.2. The Labute approximate surface area is 127 Å². The van der Waals surface area contributed by atoms with Gasteiger partial charge in [0, 0.05) is 12.5 Å². The first-order chi connectivity index (χ1) is 9.93. The molecule has 2 heterocycles. The zero-order valence-corrected chi connectivity index (χ0v) is 14.0. The van der Waals surface area contributed by atoms with E-state index in [0.29, 0.717) is 6.42 Å². The predicted octanol–water partition coefficient (Wildman–Crippen LogP) is 2.35. The molecule has 1 aliphatic heterocycles. The average molecular weight is 314 g/mol. The smallest absolute Gasteiger partial charge is 0.212 e. The third-order valence-electron chi connectivity index (χ3n) is 3.75. The second-order valence-corrected chi connectivity index (χ2v) is 7.92. The van der Waals surface area contributed by atoms with Crippen molar-refractivity contribution in [2.24, 2.45) is 0 Å². The molecule has 0 saturated carbocycles. The normalized spacial score (nSPS) is 19.0. The summed E-state index contributed by atoms with van der Waals surface area (Å²) >= 11 is 0. The van der Waals surface area contributed by atoms with Gasteiger partial charge in [0.2, 0.25) is 10.0 Å². The van der Waals surface area contributed by atoms with Crippen LogP contribution in [0.15, 0.2) is 0 Å². The lowest BCUT2D eigenvalue weighted by molar-refractivity contribution is 0.399. The lowest BCUT2D eigenvalue weighted by atomic mass is 10.1. The van der Waals surface area contributed by atoms with Crippen molar-refractivity contribution in [1.29, 1.82) is 0 Å². The first-order valence-electron chi connectivity index (χ1n) is 7.87. The third kappa shape index (κ3) is 4.26. The van der Waals surface area contributed by atoms with Gasteiger partial charge in [-0.2, -0.15) is 5.10 Å². The van der Waals surface area contributed by atoms with Crippen molar-refractivity contribution < 1.29 is 8.42 Å². The number of aromatic nitrogens is 3. The Morgan fingerprint density at radius 1 is 1.38 bits per heavy atom. The Balaban J connectivity index is 2.09. The summed E-state index contributed by atoms with van der Waals surface area (Å²) in [7, 11) is -3.24. The number of aryl methyl sites for hydroxylation is 1. The molecule has 21 heavy (non-hydrogen) atoms. The minimum absolute atomic E-state index is 0.197. The van der Waals surface area contributed by atoms with Crippen LogP contribution in [0.2, 0.25) is 0 Å². The topological polar surface area (TPSA) is 76.9 Å². The first-order valence-corrected chi connectivity index (χ1v) is 9.53. The molecule has 1 aromatic heterocycles. The third-order valence-corrected chi connectivity index (χ3v) is 5.22. The number of nitrogens with one attached hydrogen (secondary N) is 1. The molecular weight excluding hydrogens is 288 g/mol. The summed E-state index contributed by atoms with van der Waals surface area (Å²) in [5.74, 6) is 2.01. The van der Waals surface area contributed by atoms with Gasteiger partial charge in [-0.15, -0.1) is 0 Å². The van der Waals surface area contributed by atoms with Gasteiger partial charge in [0.1, 0.15) is 5.82 Å². The van der Waals surface area contributed by atoms with Crippen LogP contribution in [0.4, 0.5) is 0 Å². The van der Waals surface area contributed by atoms with Gasteiger partial charge in [-0.25, -0.2) is 22.8 Å². The van der Waals surface area contributed by atoms with E-state index in [1.165, 1.54) is 0 Å². The molecule has 0 saturated heterocycles. The largest absolute Gasteiger partial charge is 0.248 e. The van der Waals surface area contributed by atoms with Crippen molar-refractivity contribution in [3.8, 4) is 0 Å². The van der Waals surface area contributed by atoms with Gasteiger partial charge in [-0.1, -0.05) is 33.6 Å². The van der Waals surface area contributed by atoms with Gasteiger partial charge in [0.25, 0.3) is 0 Å². The molecule has 6 nitrogen and oxygen atoms in total. The van der Waals surface area contributed by atoms with Crippen LogP contribution < -0.4 is 4.72 Å².